The van der Waals surface area contributed by atoms with Crippen molar-refractivity contribution in [3.8, 4) is 5.75 Å². The van der Waals surface area contributed by atoms with Gasteiger partial charge in [-0.25, -0.2) is 0 Å². The highest BCUT2D eigenvalue weighted by Gasteiger charge is 2.19. The van der Waals surface area contributed by atoms with Gasteiger partial charge in [-0.05, 0) is 17.7 Å². The molecular formula is C16H17BrN2O2. The van der Waals surface area contributed by atoms with Gasteiger partial charge in [-0.15, -0.1) is 0 Å². The standard InChI is InChI=1S/C16H17BrN2O2/c1-21-14-8-12(17)7-13(9-14)19-16(20)15(10-18)11-5-3-2-4-6-11/h2-9,15H,10,18H2,1H3,(H,19,20). The summed E-state index contributed by atoms with van der Waals surface area (Å²) >= 11 is 3.39. The van der Waals surface area contributed by atoms with Crippen molar-refractivity contribution in [3.63, 3.8) is 0 Å². The zero-order chi connectivity index (χ0) is 15.2. The third-order valence-corrected chi connectivity index (χ3v) is 3.59. The number of carbonyl (C=O) groups is 1. The topological polar surface area (TPSA) is 64.3 Å². The lowest BCUT2D eigenvalue weighted by Crippen LogP contribution is -2.27. The van der Waals surface area contributed by atoms with Crippen LogP contribution in [0.3, 0.4) is 0 Å². The zero-order valence-electron chi connectivity index (χ0n) is 11.7. The Morgan fingerprint density at radius 2 is 2.00 bits per heavy atom. The average molecular weight is 349 g/mol. The molecule has 0 aromatic heterocycles. The number of carbonyl (C=O) groups excluding carboxylic acids is 1. The normalized spacial score (nSPS) is 11.8. The molecule has 0 radical (unpaired) electrons. The molecule has 0 aliphatic heterocycles. The summed E-state index contributed by atoms with van der Waals surface area (Å²) in [6.07, 6.45) is 0. The van der Waals surface area contributed by atoms with Gasteiger partial charge in [-0.3, -0.25) is 4.79 Å². The molecule has 0 saturated heterocycles. The van der Waals surface area contributed by atoms with E-state index >= 15 is 0 Å². The largest absolute Gasteiger partial charge is 0.497 e. The lowest BCUT2D eigenvalue weighted by Gasteiger charge is -2.16. The number of halogens is 1. The first-order valence-electron chi connectivity index (χ1n) is 6.54. The number of rotatable bonds is 5. The number of nitrogens with two attached hydrogens (primary N) is 1. The van der Waals surface area contributed by atoms with Gasteiger partial charge in [-0.2, -0.15) is 0 Å². The maximum Gasteiger partial charge on any atom is 0.233 e. The zero-order valence-corrected chi connectivity index (χ0v) is 13.3. The Morgan fingerprint density at radius 3 is 2.62 bits per heavy atom. The molecule has 0 bridgehead atoms. The number of hydrogen-bond donors (Lipinski definition) is 2. The van der Waals surface area contributed by atoms with Gasteiger partial charge in [0.1, 0.15) is 5.75 Å². The third kappa shape index (κ3) is 4.06. The minimum Gasteiger partial charge on any atom is -0.497 e. The van der Waals surface area contributed by atoms with E-state index in [1.165, 1.54) is 0 Å². The third-order valence-electron chi connectivity index (χ3n) is 3.13. The number of ether oxygens (including phenoxy) is 1. The van der Waals surface area contributed by atoms with Crippen LogP contribution >= 0.6 is 15.9 Å². The molecule has 0 aliphatic carbocycles. The Balaban J connectivity index is 2.18. The smallest absolute Gasteiger partial charge is 0.233 e. The lowest BCUT2D eigenvalue weighted by atomic mass is 9.98. The van der Waals surface area contributed by atoms with E-state index in [0.717, 1.165) is 10.0 Å². The summed E-state index contributed by atoms with van der Waals surface area (Å²) in [7, 11) is 1.58. The van der Waals surface area contributed by atoms with Crippen molar-refractivity contribution in [2.75, 3.05) is 19.0 Å². The van der Waals surface area contributed by atoms with Crippen molar-refractivity contribution in [2.24, 2.45) is 5.73 Å². The van der Waals surface area contributed by atoms with E-state index < -0.39 is 0 Å². The minimum atomic E-state index is -0.379. The van der Waals surface area contributed by atoms with E-state index in [4.69, 9.17) is 10.5 Å². The summed E-state index contributed by atoms with van der Waals surface area (Å²) in [6, 6.07) is 14.9. The van der Waals surface area contributed by atoms with Gasteiger partial charge in [-0.1, -0.05) is 46.3 Å². The van der Waals surface area contributed by atoms with Gasteiger partial charge in [0.2, 0.25) is 5.91 Å². The van der Waals surface area contributed by atoms with Gasteiger partial charge in [0.05, 0.1) is 13.0 Å². The van der Waals surface area contributed by atoms with Crippen LogP contribution in [0, 0.1) is 0 Å². The van der Waals surface area contributed by atoms with Crippen LogP contribution < -0.4 is 15.8 Å². The maximum absolute atomic E-state index is 12.4. The van der Waals surface area contributed by atoms with Crippen molar-refractivity contribution in [1.82, 2.24) is 0 Å². The second-order valence-electron chi connectivity index (χ2n) is 4.57. The van der Waals surface area contributed by atoms with E-state index in [2.05, 4.69) is 21.2 Å². The summed E-state index contributed by atoms with van der Waals surface area (Å²) in [5.41, 5.74) is 7.32. The first-order valence-corrected chi connectivity index (χ1v) is 7.34. The van der Waals surface area contributed by atoms with Crippen LogP contribution in [0.1, 0.15) is 11.5 Å². The highest BCUT2D eigenvalue weighted by molar-refractivity contribution is 9.10. The number of amides is 1. The van der Waals surface area contributed by atoms with Crippen LogP contribution in [-0.2, 0) is 4.79 Å². The van der Waals surface area contributed by atoms with Gasteiger partial charge in [0.25, 0.3) is 0 Å². The molecule has 0 aliphatic rings. The SMILES string of the molecule is COc1cc(Br)cc(NC(=O)C(CN)c2ccccc2)c1. The summed E-state index contributed by atoms with van der Waals surface area (Å²) in [5.74, 6) is 0.156. The molecule has 2 aromatic carbocycles. The van der Waals surface area contributed by atoms with Gasteiger partial charge in [0, 0.05) is 22.8 Å². The van der Waals surface area contributed by atoms with Gasteiger partial charge >= 0.3 is 0 Å². The van der Waals surface area contributed by atoms with Crippen molar-refractivity contribution in [1.29, 1.82) is 0 Å². The molecule has 0 fully saturated rings. The predicted molar refractivity (Wildman–Crippen MR) is 87.6 cm³/mol. The Morgan fingerprint density at radius 1 is 1.29 bits per heavy atom. The summed E-state index contributed by atoms with van der Waals surface area (Å²) in [6.45, 7) is 0.251. The van der Waals surface area contributed by atoms with E-state index in [-0.39, 0.29) is 18.4 Å². The highest BCUT2D eigenvalue weighted by atomic mass is 79.9. The second-order valence-corrected chi connectivity index (χ2v) is 5.48. The molecule has 2 aromatic rings. The molecule has 21 heavy (non-hydrogen) atoms. The number of methoxy groups -OCH3 is 1. The van der Waals surface area contributed by atoms with Crippen LogP contribution in [0.2, 0.25) is 0 Å². The molecule has 3 N–H and O–H groups in total. The molecule has 1 unspecified atom stereocenters. The molecular weight excluding hydrogens is 332 g/mol. The Bertz CT molecular complexity index is 617. The predicted octanol–water partition coefficient (Wildman–Crippen LogP) is 3.14. The molecule has 4 nitrogen and oxygen atoms in total. The van der Waals surface area contributed by atoms with E-state index in [0.29, 0.717) is 11.4 Å². The van der Waals surface area contributed by atoms with E-state index in [1.54, 1.807) is 13.2 Å². The first-order chi connectivity index (χ1) is 10.1. The Labute approximate surface area is 132 Å². The minimum absolute atomic E-state index is 0.135. The Hall–Kier alpha value is -1.85. The second kappa shape index (κ2) is 7.24. The average Bonchev–Trinajstić information content (AvgIpc) is 2.48. The number of anilines is 1. The molecule has 5 heteroatoms. The number of benzene rings is 2. The van der Waals surface area contributed by atoms with Crippen LogP contribution in [0.4, 0.5) is 5.69 Å². The fourth-order valence-corrected chi connectivity index (χ4v) is 2.53. The van der Waals surface area contributed by atoms with Crippen molar-refractivity contribution < 1.29 is 9.53 Å². The van der Waals surface area contributed by atoms with Crippen LogP contribution in [-0.4, -0.2) is 19.6 Å². The van der Waals surface area contributed by atoms with E-state index in [1.807, 2.05) is 42.5 Å². The van der Waals surface area contributed by atoms with Crippen LogP contribution in [0.15, 0.2) is 53.0 Å². The highest BCUT2D eigenvalue weighted by Crippen LogP contribution is 2.25. The summed E-state index contributed by atoms with van der Waals surface area (Å²) < 4.78 is 6.02. The lowest BCUT2D eigenvalue weighted by molar-refractivity contribution is -0.117. The molecule has 0 saturated carbocycles. The van der Waals surface area contributed by atoms with E-state index in [9.17, 15) is 4.79 Å². The molecule has 1 atom stereocenters. The number of nitrogens with one attached hydrogen (secondary N) is 1. The van der Waals surface area contributed by atoms with Crippen molar-refractivity contribution >= 4 is 27.5 Å². The van der Waals surface area contributed by atoms with Gasteiger partial charge in [0.15, 0.2) is 0 Å². The molecule has 1 amide bonds. The van der Waals surface area contributed by atoms with Crippen molar-refractivity contribution in [3.05, 3.63) is 58.6 Å². The maximum atomic E-state index is 12.4. The summed E-state index contributed by atoms with van der Waals surface area (Å²) in [4.78, 5) is 12.4. The quantitative estimate of drug-likeness (QED) is 0.872. The van der Waals surface area contributed by atoms with Crippen molar-refractivity contribution in [2.45, 2.75) is 5.92 Å². The van der Waals surface area contributed by atoms with Crippen LogP contribution in [0.5, 0.6) is 5.75 Å². The molecule has 2 rings (SSSR count). The fraction of sp³-hybridized carbons (Fsp3) is 0.188. The Kier molecular flexibility index (Phi) is 5.36. The molecule has 0 spiro atoms. The molecule has 110 valence electrons. The van der Waals surface area contributed by atoms with Gasteiger partial charge < -0.3 is 15.8 Å². The molecule has 0 heterocycles. The monoisotopic (exact) mass is 348 g/mol. The summed E-state index contributed by atoms with van der Waals surface area (Å²) in [5, 5.41) is 2.88. The first kappa shape index (κ1) is 15.5. The number of hydrogen-bond acceptors (Lipinski definition) is 3. The van der Waals surface area contributed by atoms with Crippen LogP contribution in [0.25, 0.3) is 0 Å². The fourth-order valence-electron chi connectivity index (χ4n) is 2.06.